The number of nitrogens with zero attached hydrogens (tertiary/aromatic N) is 4. The molecule has 2 aliphatic rings. The molecule has 0 saturated carbocycles. The molecular formula is C35H36F2N4O5S. The van der Waals surface area contributed by atoms with Crippen molar-refractivity contribution in [2.75, 3.05) is 23.9 Å². The number of aryl methyl sites for hydroxylation is 1. The van der Waals surface area contributed by atoms with E-state index in [9.17, 15) is 22.0 Å². The minimum absolute atomic E-state index is 0.0112. The largest absolute Gasteiger partial charge is 0.471 e. The highest BCUT2D eigenvalue weighted by atomic mass is 32.2. The molecule has 1 saturated heterocycles. The Morgan fingerprint density at radius 3 is 2.40 bits per heavy atom. The highest BCUT2D eigenvalue weighted by Crippen LogP contribution is 2.45. The molecule has 9 nitrogen and oxygen atoms in total. The zero-order valence-corrected chi connectivity index (χ0v) is 27.4. The number of carbonyl (C=O) groups is 1. The van der Waals surface area contributed by atoms with E-state index in [1.54, 1.807) is 41.3 Å². The zero-order valence-electron chi connectivity index (χ0n) is 26.6. The molecule has 1 amide bonds. The van der Waals surface area contributed by atoms with Gasteiger partial charge in [0.1, 0.15) is 23.3 Å². The van der Waals surface area contributed by atoms with Crippen molar-refractivity contribution in [1.82, 2.24) is 14.9 Å². The first-order valence-corrected chi connectivity index (χ1v) is 16.9. The molecule has 47 heavy (non-hydrogen) atoms. The van der Waals surface area contributed by atoms with Gasteiger partial charge in [-0.15, -0.1) is 0 Å². The van der Waals surface area contributed by atoms with Gasteiger partial charge in [-0.05, 0) is 88.1 Å². The van der Waals surface area contributed by atoms with Crippen molar-refractivity contribution in [3.8, 4) is 17.0 Å². The molecular weight excluding hydrogens is 626 g/mol. The second-order valence-electron chi connectivity index (χ2n) is 12.9. The van der Waals surface area contributed by atoms with Crippen molar-refractivity contribution in [3.63, 3.8) is 0 Å². The number of rotatable bonds is 6. The predicted octanol–water partition coefficient (Wildman–Crippen LogP) is 6.85. The molecule has 6 rings (SSSR count). The molecule has 0 radical (unpaired) electrons. The Balaban J connectivity index is 1.34. The normalized spacial score (nSPS) is 18.2. The van der Waals surface area contributed by atoms with E-state index in [2.05, 4.69) is 4.98 Å². The van der Waals surface area contributed by atoms with Crippen LogP contribution in [0.4, 0.5) is 19.3 Å². The van der Waals surface area contributed by atoms with Crippen molar-refractivity contribution in [2.24, 2.45) is 0 Å². The summed E-state index contributed by atoms with van der Waals surface area (Å²) in [5.41, 5.74) is 1.69. The number of ether oxygens (including phenoxy) is 2. The first-order valence-electron chi connectivity index (χ1n) is 15.4. The maximum absolute atomic E-state index is 14.8. The van der Waals surface area contributed by atoms with Crippen LogP contribution in [0.25, 0.3) is 11.1 Å². The minimum atomic E-state index is -4.01. The number of sulfonamides is 1. The van der Waals surface area contributed by atoms with E-state index in [0.29, 0.717) is 42.9 Å². The van der Waals surface area contributed by atoms with Crippen molar-refractivity contribution >= 4 is 21.8 Å². The van der Waals surface area contributed by atoms with Crippen LogP contribution in [0.3, 0.4) is 0 Å². The Kier molecular flexibility index (Phi) is 8.64. The molecule has 0 bridgehead atoms. The Bertz CT molecular complexity index is 1890. The Morgan fingerprint density at radius 2 is 1.70 bits per heavy atom. The molecule has 3 aromatic carbocycles. The number of likely N-dealkylation sites (tertiary alicyclic amines) is 1. The number of fused-ring (bicyclic) bond motifs is 1. The van der Waals surface area contributed by atoms with Crippen molar-refractivity contribution in [1.29, 1.82) is 0 Å². The summed E-state index contributed by atoms with van der Waals surface area (Å²) in [6.45, 7) is 8.17. The summed E-state index contributed by atoms with van der Waals surface area (Å²) in [6.07, 6.45) is 3.65. The van der Waals surface area contributed by atoms with Gasteiger partial charge in [0.2, 0.25) is 5.88 Å². The molecule has 3 heterocycles. The summed E-state index contributed by atoms with van der Waals surface area (Å²) in [5, 5.41) is 0. The van der Waals surface area contributed by atoms with Crippen molar-refractivity contribution in [2.45, 2.75) is 63.1 Å². The number of carbonyl (C=O) groups excluding carboxylic acids is 1. The number of amides is 1. The molecule has 0 N–H and O–H groups in total. The van der Waals surface area contributed by atoms with Gasteiger partial charge in [-0.25, -0.2) is 27.0 Å². The summed E-state index contributed by atoms with van der Waals surface area (Å²) >= 11 is 0. The molecule has 2 atom stereocenters. The van der Waals surface area contributed by atoms with Crippen LogP contribution in [0.15, 0.2) is 78.0 Å². The molecule has 246 valence electrons. The topological polar surface area (TPSA) is 102 Å². The van der Waals surface area contributed by atoms with Gasteiger partial charge < -0.3 is 14.4 Å². The highest BCUT2D eigenvalue weighted by molar-refractivity contribution is 7.92. The van der Waals surface area contributed by atoms with E-state index in [-0.39, 0.29) is 34.6 Å². The van der Waals surface area contributed by atoms with Crippen LogP contribution < -0.4 is 9.04 Å². The monoisotopic (exact) mass is 662 g/mol. The summed E-state index contributed by atoms with van der Waals surface area (Å²) in [5.74, 6) is -1.87. The summed E-state index contributed by atoms with van der Waals surface area (Å²) in [7, 11) is -4.01. The molecule has 0 spiro atoms. The van der Waals surface area contributed by atoms with E-state index in [4.69, 9.17) is 14.5 Å². The van der Waals surface area contributed by atoms with E-state index < -0.39 is 39.3 Å². The summed E-state index contributed by atoms with van der Waals surface area (Å²) < 4.78 is 70.6. The maximum Gasteiger partial charge on any atom is 0.410 e. The highest BCUT2D eigenvalue weighted by Gasteiger charge is 2.39. The van der Waals surface area contributed by atoms with Crippen LogP contribution in [0, 0.1) is 18.6 Å². The van der Waals surface area contributed by atoms with Crippen LogP contribution in [-0.2, 0) is 14.8 Å². The molecule has 2 aliphatic heterocycles. The summed E-state index contributed by atoms with van der Waals surface area (Å²) in [6, 6.07) is 14.9. The lowest BCUT2D eigenvalue weighted by atomic mass is 9.94. The quantitative estimate of drug-likeness (QED) is 0.223. The molecule has 1 unspecified atom stereocenters. The fourth-order valence-electron chi connectivity index (χ4n) is 5.95. The minimum Gasteiger partial charge on any atom is -0.471 e. The number of hydrogen-bond donors (Lipinski definition) is 0. The van der Waals surface area contributed by atoms with E-state index in [1.165, 1.54) is 41.0 Å². The fourth-order valence-corrected chi connectivity index (χ4v) is 7.46. The second-order valence-corrected chi connectivity index (χ2v) is 14.7. The van der Waals surface area contributed by atoms with Gasteiger partial charge in [-0.1, -0.05) is 29.8 Å². The predicted molar refractivity (Wildman–Crippen MR) is 173 cm³/mol. The Hall–Kier alpha value is -4.58. The standard InChI is InChI=1S/C35H36F2N4O5S/c1-22-10-13-25(14-11-22)47(43,44)41-21-27(26-17-23(12-15-31(26)41)33-28(36)8-5-9-29(33)37)30-18-38-19-32(39-30)45-24-7-6-16-40(20-24)34(42)46-35(2,3)4/h5,8-15,17-19,24,27H,6-7,16,20-21H2,1-4H3/t24-,27?/m1/s1. The van der Waals surface area contributed by atoms with E-state index in [1.807, 2.05) is 27.7 Å². The first-order chi connectivity index (χ1) is 22.3. The second kappa shape index (κ2) is 12.6. The SMILES string of the molecule is Cc1ccc(S(=O)(=O)N2CC(c3cncc(O[C@@H]4CCCN(C(=O)OC(C)(C)C)C4)n3)c3cc(-c4c(F)cccc4F)ccc32)cc1. The molecule has 12 heteroatoms. The number of benzene rings is 3. The Labute approximate surface area is 273 Å². The lowest BCUT2D eigenvalue weighted by Gasteiger charge is -2.33. The van der Waals surface area contributed by atoms with Crippen LogP contribution in [0.5, 0.6) is 5.88 Å². The van der Waals surface area contributed by atoms with Crippen molar-refractivity contribution < 1.29 is 31.5 Å². The first kappa shape index (κ1) is 32.4. The number of hydrogen-bond acceptors (Lipinski definition) is 7. The van der Waals surface area contributed by atoms with Gasteiger partial charge in [-0.2, -0.15) is 0 Å². The lowest BCUT2D eigenvalue weighted by Crippen LogP contribution is -2.46. The maximum atomic E-state index is 14.8. The average molecular weight is 663 g/mol. The Morgan fingerprint density at radius 1 is 0.979 bits per heavy atom. The molecule has 1 fully saturated rings. The van der Waals surface area contributed by atoms with Crippen LogP contribution in [0.2, 0.25) is 0 Å². The number of anilines is 1. The van der Waals surface area contributed by atoms with Crippen molar-refractivity contribution in [3.05, 3.63) is 102 Å². The van der Waals surface area contributed by atoms with Gasteiger partial charge in [0.15, 0.2) is 0 Å². The van der Waals surface area contributed by atoms with Gasteiger partial charge >= 0.3 is 6.09 Å². The fraction of sp³-hybridized carbons (Fsp3) is 0.343. The molecule has 0 aliphatic carbocycles. The smallest absolute Gasteiger partial charge is 0.410 e. The van der Waals surface area contributed by atoms with Gasteiger partial charge in [0.05, 0.1) is 34.6 Å². The van der Waals surface area contributed by atoms with E-state index in [0.717, 1.165) is 5.56 Å². The number of aromatic nitrogens is 2. The lowest BCUT2D eigenvalue weighted by molar-refractivity contribution is 0.00714. The third kappa shape index (κ3) is 6.78. The summed E-state index contributed by atoms with van der Waals surface area (Å²) in [4.78, 5) is 23.5. The molecule has 1 aromatic heterocycles. The number of halogens is 2. The van der Waals surface area contributed by atoms with Crippen LogP contribution in [0.1, 0.15) is 56.4 Å². The van der Waals surface area contributed by atoms with Crippen LogP contribution >= 0.6 is 0 Å². The van der Waals surface area contributed by atoms with E-state index >= 15 is 0 Å². The van der Waals surface area contributed by atoms with Crippen LogP contribution in [-0.4, -0.2) is 60.7 Å². The van der Waals surface area contributed by atoms with Gasteiger partial charge in [0.25, 0.3) is 10.0 Å². The third-order valence-corrected chi connectivity index (χ3v) is 9.98. The third-order valence-electron chi connectivity index (χ3n) is 8.19. The van der Waals surface area contributed by atoms with Gasteiger partial charge in [-0.3, -0.25) is 9.29 Å². The zero-order chi connectivity index (χ0) is 33.5. The molecule has 4 aromatic rings. The average Bonchev–Trinajstić information content (AvgIpc) is 3.41. The van der Waals surface area contributed by atoms with Gasteiger partial charge in [0, 0.05) is 25.2 Å². The number of piperidine rings is 1.